The number of hydrogen-bond acceptors (Lipinski definition) is 3. The Kier molecular flexibility index (Phi) is 5.34. The van der Waals surface area contributed by atoms with Crippen LogP contribution in [0.2, 0.25) is 0 Å². The molecule has 126 valence electrons. The Morgan fingerprint density at radius 2 is 2.04 bits per heavy atom. The van der Waals surface area contributed by atoms with Gasteiger partial charge in [0.2, 0.25) is 5.91 Å². The van der Waals surface area contributed by atoms with Gasteiger partial charge in [-0.3, -0.25) is 9.69 Å². The molecule has 23 heavy (non-hydrogen) atoms. The van der Waals surface area contributed by atoms with Gasteiger partial charge in [-0.05, 0) is 25.3 Å². The van der Waals surface area contributed by atoms with Gasteiger partial charge in [0.05, 0.1) is 18.2 Å². The maximum atomic E-state index is 12.2. The molecule has 0 bridgehead atoms. The highest BCUT2D eigenvalue weighted by Crippen LogP contribution is 2.35. The summed E-state index contributed by atoms with van der Waals surface area (Å²) in [6.07, 6.45) is 5.49. The van der Waals surface area contributed by atoms with Crippen molar-refractivity contribution in [2.45, 2.75) is 50.7 Å². The number of ether oxygens (including phenoxy) is 1. The highest BCUT2D eigenvalue weighted by atomic mass is 16.5. The number of nitrogens with one attached hydrogen (secondary N) is 1. The lowest BCUT2D eigenvalue weighted by Gasteiger charge is -2.40. The van der Waals surface area contributed by atoms with Crippen molar-refractivity contribution >= 4 is 5.91 Å². The van der Waals surface area contributed by atoms with Gasteiger partial charge in [-0.25, -0.2) is 0 Å². The zero-order valence-corrected chi connectivity index (χ0v) is 14.1. The Morgan fingerprint density at radius 3 is 2.78 bits per heavy atom. The van der Waals surface area contributed by atoms with E-state index in [2.05, 4.69) is 22.3 Å². The zero-order chi connectivity index (χ0) is 16.1. The minimum absolute atomic E-state index is 0.0644. The molecule has 0 radical (unpaired) electrons. The van der Waals surface area contributed by atoms with Gasteiger partial charge in [0.15, 0.2) is 0 Å². The molecule has 1 saturated carbocycles. The Morgan fingerprint density at radius 1 is 1.30 bits per heavy atom. The van der Waals surface area contributed by atoms with Crippen molar-refractivity contribution in [3.8, 4) is 0 Å². The first kappa shape index (κ1) is 16.5. The third-order valence-corrected chi connectivity index (χ3v) is 5.17. The Hall–Kier alpha value is -1.39. The molecule has 3 rings (SSSR count). The van der Waals surface area contributed by atoms with Gasteiger partial charge in [0, 0.05) is 26.1 Å². The molecule has 4 heteroatoms. The minimum Gasteiger partial charge on any atom is -0.372 e. The summed E-state index contributed by atoms with van der Waals surface area (Å²) in [7, 11) is 0. The second-order valence-electron chi connectivity index (χ2n) is 6.96. The average Bonchev–Trinajstić information content (AvgIpc) is 3.01. The van der Waals surface area contributed by atoms with E-state index in [4.69, 9.17) is 4.74 Å². The Labute approximate surface area is 139 Å². The normalized spacial score (nSPS) is 22.1. The molecule has 0 unspecified atom stereocenters. The molecule has 1 aromatic rings. The van der Waals surface area contributed by atoms with Crippen LogP contribution in [0.3, 0.4) is 0 Å². The van der Waals surface area contributed by atoms with Crippen LogP contribution in [0.5, 0.6) is 0 Å². The summed E-state index contributed by atoms with van der Waals surface area (Å²) in [5, 5.41) is 3.10. The smallest absolute Gasteiger partial charge is 0.221 e. The van der Waals surface area contributed by atoms with E-state index < -0.39 is 0 Å². The first-order valence-electron chi connectivity index (χ1n) is 8.88. The van der Waals surface area contributed by atoms with E-state index in [1.165, 1.54) is 25.7 Å². The number of benzene rings is 1. The SMILES string of the molecule is C[C@H](NC(=O)CCN1CCOC2(CCCC2)C1)c1ccccc1. The van der Waals surface area contributed by atoms with Gasteiger partial charge in [-0.15, -0.1) is 0 Å². The van der Waals surface area contributed by atoms with E-state index in [9.17, 15) is 4.79 Å². The molecule has 1 aliphatic heterocycles. The van der Waals surface area contributed by atoms with Crippen molar-refractivity contribution in [1.29, 1.82) is 0 Å². The third kappa shape index (κ3) is 4.33. The minimum atomic E-state index is 0.0644. The summed E-state index contributed by atoms with van der Waals surface area (Å²) in [6, 6.07) is 10.2. The lowest BCUT2D eigenvalue weighted by Crippen LogP contribution is -2.50. The van der Waals surface area contributed by atoms with E-state index in [-0.39, 0.29) is 17.6 Å². The number of morpholine rings is 1. The lowest BCUT2D eigenvalue weighted by molar-refractivity contribution is -0.125. The first-order chi connectivity index (χ1) is 11.2. The van der Waals surface area contributed by atoms with Crippen LogP contribution in [-0.4, -0.2) is 42.6 Å². The standard InChI is InChI=1S/C19H28N2O2/c1-16(17-7-3-2-4-8-17)20-18(22)9-12-21-13-14-23-19(15-21)10-5-6-11-19/h2-4,7-8,16H,5-6,9-15H2,1H3,(H,20,22)/t16-/m0/s1. The van der Waals surface area contributed by atoms with E-state index in [0.29, 0.717) is 6.42 Å². The van der Waals surface area contributed by atoms with Gasteiger partial charge < -0.3 is 10.1 Å². The largest absolute Gasteiger partial charge is 0.372 e. The van der Waals surface area contributed by atoms with Crippen LogP contribution in [0.25, 0.3) is 0 Å². The molecule has 1 N–H and O–H groups in total. The number of carbonyl (C=O) groups excluding carboxylic acids is 1. The van der Waals surface area contributed by atoms with Gasteiger partial charge in [0.25, 0.3) is 0 Å². The number of hydrogen-bond donors (Lipinski definition) is 1. The molecule has 0 aromatic heterocycles. The average molecular weight is 316 g/mol. The van der Waals surface area contributed by atoms with Crippen LogP contribution in [0.15, 0.2) is 30.3 Å². The summed E-state index contributed by atoms with van der Waals surface area (Å²) in [5.74, 6) is 0.133. The molecule has 1 aromatic carbocycles. The number of nitrogens with zero attached hydrogens (tertiary/aromatic N) is 1. The molecule has 2 aliphatic rings. The molecular formula is C19H28N2O2. The van der Waals surface area contributed by atoms with Crippen LogP contribution < -0.4 is 5.32 Å². The highest BCUT2D eigenvalue weighted by molar-refractivity contribution is 5.76. The maximum absolute atomic E-state index is 12.2. The van der Waals surface area contributed by atoms with E-state index in [0.717, 1.165) is 31.8 Å². The molecule has 1 saturated heterocycles. The van der Waals surface area contributed by atoms with Crippen LogP contribution in [0.1, 0.15) is 50.6 Å². The maximum Gasteiger partial charge on any atom is 0.221 e. The lowest BCUT2D eigenvalue weighted by atomic mass is 9.99. The van der Waals surface area contributed by atoms with Crippen LogP contribution >= 0.6 is 0 Å². The van der Waals surface area contributed by atoms with Gasteiger partial charge in [0.1, 0.15) is 0 Å². The molecular weight excluding hydrogens is 288 g/mol. The fraction of sp³-hybridized carbons (Fsp3) is 0.632. The van der Waals surface area contributed by atoms with Crippen LogP contribution in [0, 0.1) is 0 Å². The number of carbonyl (C=O) groups is 1. The van der Waals surface area contributed by atoms with Crippen molar-refractivity contribution in [1.82, 2.24) is 10.2 Å². The topological polar surface area (TPSA) is 41.6 Å². The number of amides is 1. The van der Waals surface area contributed by atoms with Gasteiger partial charge in [-0.1, -0.05) is 43.2 Å². The fourth-order valence-corrected chi connectivity index (χ4v) is 3.83. The first-order valence-corrected chi connectivity index (χ1v) is 8.88. The van der Waals surface area contributed by atoms with Crippen molar-refractivity contribution in [2.75, 3.05) is 26.2 Å². The summed E-state index contributed by atoms with van der Waals surface area (Å²) in [4.78, 5) is 14.6. The van der Waals surface area contributed by atoms with E-state index >= 15 is 0 Å². The van der Waals surface area contributed by atoms with Crippen molar-refractivity contribution < 1.29 is 9.53 Å². The monoisotopic (exact) mass is 316 g/mol. The molecule has 1 aliphatic carbocycles. The van der Waals surface area contributed by atoms with Crippen LogP contribution in [-0.2, 0) is 9.53 Å². The molecule has 1 heterocycles. The summed E-state index contributed by atoms with van der Waals surface area (Å²) < 4.78 is 6.04. The van der Waals surface area contributed by atoms with Crippen LogP contribution in [0.4, 0.5) is 0 Å². The summed E-state index contributed by atoms with van der Waals surface area (Å²) in [6.45, 7) is 5.62. The van der Waals surface area contributed by atoms with E-state index in [1.54, 1.807) is 0 Å². The zero-order valence-electron chi connectivity index (χ0n) is 14.1. The Balaban J connectivity index is 1.43. The summed E-state index contributed by atoms with van der Waals surface area (Å²) >= 11 is 0. The fourth-order valence-electron chi connectivity index (χ4n) is 3.83. The van der Waals surface area contributed by atoms with Crippen molar-refractivity contribution in [3.05, 3.63) is 35.9 Å². The summed E-state index contributed by atoms with van der Waals surface area (Å²) in [5.41, 5.74) is 1.24. The molecule has 1 atom stereocenters. The van der Waals surface area contributed by atoms with Crippen molar-refractivity contribution in [3.63, 3.8) is 0 Å². The highest BCUT2D eigenvalue weighted by Gasteiger charge is 2.39. The predicted molar refractivity (Wildman–Crippen MR) is 91.2 cm³/mol. The molecule has 4 nitrogen and oxygen atoms in total. The molecule has 1 spiro atoms. The van der Waals surface area contributed by atoms with E-state index in [1.807, 2.05) is 25.1 Å². The quantitative estimate of drug-likeness (QED) is 0.908. The molecule has 1 amide bonds. The number of rotatable bonds is 5. The second kappa shape index (κ2) is 7.45. The predicted octanol–water partition coefficient (Wildman–Crippen LogP) is 2.90. The third-order valence-electron chi connectivity index (χ3n) is 5.17. The van der Waals surface area contributed by atoms with Gasteiger partial charge in [-0.2, -0.15) is 0 Å². The Bertz CT molecular complexity index is 511. The van der Waals surface area contributed by atoms with Crippen molar-refractivity contribution in [2.24, 2.45) is 0 Å². The second-order valence-corrected chi connectivity index (χ2v) is 6.96. The van der Waals surface area contributed by atoms with Gasteiger partial charge >= 0.3 is 0 Å². The molecule has 2 fully saturated rings.